The predicted octanol–water partition coefficient (Wildman–Crippen LogP) is 6.93. The SMILES string of the molecule is CCOc1ccc([C@H]2C(C(=O)Nc3ccccc3)=C(C)N=c3s/c(=C\c4cc(I)c(OCc5ccccc5C#N)c(I)c4)c(=O)n32)cc1. The fraction of sp³-hybridized carbons (Fsp3) is 0.135. The average molecular weight is 879 g/mol. The van der Waals surface area contributed by atoms with Crippen LogP contribution in [0.15, 0.2) is 112 Å². The van der Waals surface area contributed by atoms with Crippen molar-refractivity contribution < 1.29 is 14.3 Å². The smallest absolute Gasteiger partial charge is 0.271 e. The van der Waals surface area contributed by atoms with Gasteiger partial charge in [0.15, 0.2) is 4.80 Å². The molecule has 0 saturated carbocycles. The van der Waals surface area contributed by atoms with E-state index in [0.717, 1.165) is 23.8 Å². The highest BCUT2D eigenvalue weighted by Crippen LogP contribution is 2.33. The summed E-state index contributed by atoms with van der Waals surface area (Å²) >= 11 is 5.74. The number of carbonyl (C=O) groups is 1. The third-order valence-corrected chi connectivity index (χ3v) is 10.2. The van der Waals surface area contributed by atoms with Crippen LogP contribution in [0.2, 0.25) is 0 Å². The largest absolute Gasteiger partial charge is 0.494 e. The number of benzene rings is 4. The van der Waals surface area contributed by atoms with Crippen molar-refractivity contribution in [2.75, 3.05) is 11.9 Å². The maximum atomic E-state index is 14.2. The van der Waals surface area contributed by atoms with Crippen LogP contribution in [0.25, 0.3) is 6.08 Å². The normalized spacial score (nSPS) is 14.1. The summed E-state index contributed by atoms with van der Waals surface area (Å²) in [7, 11) is 0. The van der Waals surface area contributed by atoms with Crippen molar-refractivity contribution in [1.29, 1.82) is 5.26 Å². The first-order valence-electron chi connectivity index (χ1n) is 15.0. The zero-order valence-corrected chi connectivity index (χ0v) is 31.0. The highest BCUT2D eigenvalue weighted by atomic mass is 127. The van der Waals surface area contributed by atoms with Crippen LogP contribution in [0.4, 0.5) is 5.69 Å². The van der Waals surface area contributed by atoms with Crippen LogP contribution in [0.3, 0.4) is 0 Å². The summed E-state index contributed by atoms with van der Waals surface area (Å²) in [5.74, 6) is 1.09. The number of hydrogen-bond acceptors (Lipinski definition) is 7. The first-order chi connectivity index (χ1) is 23.3. The molecule has 0 unspecified atom stereocenters. The minimum absolute atomic E-state index is 0.242. The lowest BCUT2D eigenvalue weighted by atomic mass is 9.95. The zero-order valence-electron chi connectivity index (χ0n) is 25.9. The molecule has 48 heavy (non-hydrogen) atoms. The van der Waals surface area contributed by atoms with Crippen LogP contribution < -0.4 is 29.7 Å². The monoisotopic (exact) mass is 878 g/mol. The molecular weight excluding hydrogens is 850 g/mol. The summed E-state index contributed by atoms with van der Waals surface area (Å²) < 4.78 is 15.7. The number of nitriles is 1. The van der Waals surface area contributed by atoms with Crippen LogP contribution in [0.1, 0.15) is 42.1 Å². The maximum absolute atomic E-state index is 14.2. The van der Waals surface area contributed by atoms with Gasteiger partial charge in [-0.05, 0) is 119 Å². The number of ether oxygens (including phenoxy) is 2. The van der Waals surface area contributed by atoms with Crippen LogP contribution in [-0.4, -0.2) is 17.1 Å². The molecule has 1 N–H and O–H groups in total. The summed E-state index contributed by atoms with van der Waals surface area (Å²) in [6, 6.07) is 29.5. The average Bonchev–Trinajstić information content (AvgIpc) is 3.38. The molecule has 2 heterocycles. The molecule has 0 saturated heterocycles. The van der Waals surface area contributed by atoms with E-state index in [0.29, 0.717) is 50.0 Å². The topological polar surface area (TPSA) is 106 Å². The minimum atomic E-state index is -0.699. The second kappa shape index (κ2) is 14.9. The van der Waals surface area contributed by atoms with Crippen LogP contribution in [0.5, 0.6) is 11.5 Å². The lowest BCUT2D eigenvalue weighted by Crippen LogP contribution is -2.40. The van der Waals surface area contributed by atoms with Crippen molar-refractivity contribution >= 4 is 74.2 Å². The van der Waals surface area contributed by atoms with Gasteiger partial charge in [0, 0.05) is 11.3 Å². The van der Waals surface area contributed by atoms with E-state index >= 15 is 0 Å². The molecule has 5 aromatic rings. The molecule has 0 bridgehead atoms. The minimum Gasteiger partial charge on any atom is -0.494 e. The number of para-hydroxylation sites is 1. The second-order valence-corrected chi connectivity index (χ2v) is 14.1. The Bertz CT molecular complexity index is 2250. The summed E-state index contributed by atoms with van der Waals surface area (Å²) in [4.78, 5) is 33.3. The number of hydrogen-bond donors (Lipinski definition) is 1. The number of allylic oxidation sites excluding steroid dienone is 1. The molecule has 8 nitrogen and oxygen atoms in total. The summed E-state index contributed by atoms with van der Waals surface area (Å²) in [6.07, 6.45) is 1.85. The van der Waals surface area contributed by atoms with Gasteiger partial charge in [-0.1, -0.05) is 59.9 Å². The molecule has 11 heteroatoms. The predicted molar refractivity (Wildman–Crippen MR) is 204 cm³/mol. The molecule has 0 spiro atoms. The Morgan fingerprint density at radius 2 is 1.71 bits per heavy atom. The van der Waals surface area contributed by atoms with Gasteiger partial charge in [-0.2, -0.15) is 5.26 Å². The Labute approximate surface area is 308 Å². The van der Waals surface area contributed by atoms with Gasteiger partial charge in [-0.3, -0.25) is 14.2 Å². The molecule has 1 aliphatic rings. The van der Waals surface area contributed by atoms with Gasteiger partial charge in [-0.25, -0.2) is 4.99 Å². The van der Waals surface area contributed by atoms with Crippen LogP contribution in [-0.2, 0) is 11.4 Å². The summed E-state index contributed by atoms with van der Waals surface area (Å²) in [5, 5.41) is 12.4. The summed E-state index contributed by atoms with van der Waals surface area (Å²) in [5.41, 5.74) is 4.32. The molecule has 6 rings (SSSR count). The van der Waals surface area contributed by atoms with Crippen molar-refractivity contribution in [3.63, 3.8) is 0 Å². The van der Waals surface area contributed by atoms with Gasteiger partial charge in [0.2, 0.25) is 0 Å². The van der Waals surface area contributed by atoms with E-state index < -0.39 is 6.04 Å². The van der Waals surface area contributed by atoms with Gasteiger partial charge >= 0.3 is 0 Å². The number of amides is 1. The van der Waals surface area contributed by atoms with Crippen molar-refractivity contribution in [3.8, 4) is 17.6 Å². The quantitative estimate of drug-likeness (QED) is 0.162. The number of rotatable bonds is 9. The highest BCUT2D eigenvalue weighted by Gasteiger charge is 2.32. The van der Waals surface area contributed by atoms with Gasteiger partial charge in [0.05, 0.1) is 47.2 Å². The number of nitrogens with zero attached hydrogens (tertiary/aromatic N) is 3. The fourth-order valence-electron chi connectivity index (χ4n) is 5.42. The van der Waals surface area contributed by atoms with Crippen LogP contribution >= 0.6 is 56.5 Å². The van der Waals surface area contributed by atoms with Crippen molar-refractivity contribution in [3.05, 3.63) is 151 Å². The van der Waals surface area contributed by atoms with E-state index in [4.69, 9.17) is 14.5 Å². The van der Waals surface area contributed by atoms with E-state index in [1.54, 1.807) is 17.6 Å². The molecule has 0 aliphatic carbocycles. The zero-order chi connectivity index (χ0) is 33.8. The first kappa shape index (κ1) is 33.6. The molecule has 4 aromatic carbocycles. The van der Waals surface area contributed by atoms with Crippen molar-refractivity contribution in [2.45, 2.75) is 26.5 Å². The van der Waals surface area contributed by atoms with E-state index in [2.05, 4.69) is 56.6 Å². The molecular formula is C37H28I2N4O4S. The van der Waals surface area contributed by atoms with Gasteiger partial charge in [0.1, 0.15) is 18.1 Å². The number of carbonyl (C=O) groups excluding carboxylic acids is 1. The molecule has 0 radical (unpaired) electrons. The second-order valence-electron chi connectivity index (χ2n) is 10.8. The van der Waals surface area contributed by atoms with Crippen molar-refractivity contribution in [1.82, 2.24) is 4.57 Å². The third-order valence-electron chi connectivity index (χ3n) is 7.63. The number of aromatic nitrogens is 1. The van der Waals surface area contributed by atoms with Gasteiger partial charge in [-0.15, -0.1) is 0 Å². The molecule has 0 fully saturated rings. The van der Waals surface area contributed by atoms with Crippen LogP contribution in [0, 0.1) is 18.5 Å². The summed E-state index contributed by atoms with van der Waals surface area (Å²) in [6.45, 7) is 4.51. The molecule has 1 amide bonds. The lowest BCUT2D eigenvalue weighted by molar-refractivity contribution is -0.113. The van der Waals surface area contributed by atoms with Crippen molar-refractivity contribution in [2.24, 2.45) is 4.99 Å². The Hall–Kier alpha value is -4.26. The number of thiazole rings is 1. The van der Waals surface area contributed by atoms with E-state index in [1.165, 1.54) is 11.3 Å². The molecule has 240 valence electrons. The maximum Gasteiger partial charge on any atom is 0.271 e. The number of halogens is 2. The number of anilines is 1. The molecule has 1 aliphatic heterocycles. The Morgan fingerprint density at radius 3 is 2.40 bits per heavy atom. The van der Waals surface area contributed by atoms with E-state index in [-0.39, 0.29) is 18.1 Å². The molecule has 1 aromatic heterocycles. The Balaban J connectivity index is 1.39. The number of fused-ring (bicyclic) bond motifs is 1. The van der Waals surface area contributed by atoms with Gasteiger partial charge in [0.25, 0.3) is 11.5 Å². The highest BCUT2D eigenvalue weighted by molar-refractivity contribution is 14.1. The van der Waals surface area contributed by atoms with Gasteiger partial charge < -0.3 is 14.8 Å². The first-order valence-corrected chi connectivity index (χ1v) is 18.0. The van der Waals surface area contributed by atoms with E-state index in [1.807, 2.05) is 97.9 Å². The fourth-order valence-corrected chi connectivity index (χ4v) is 8.59. The Kier molecular flexibility index (Phi) is 10.4. The molecule has 1 atom stereocenters. The number of nitrogens with one attached hydrogen (secondary N) is 1. The Morgan fingerprint density at radius 1 is 1.02 bits per heavy atom. The standard InChI is InChI=1S/C37H28I2N4O4S/c1-3-46-28-15-13-24(14-16-28)33-32(35(44)42-27-11-5-4-6-12-27)22(2)41-37-43(33)36(45)31(48-37)19-23-17-29(38)34(30(39)18-23)47-21-26-10-8-7-9-25(26)20-40/h4-19,33H,3,21H2,1-2H3,(H,42,44)/b31-19-/t33-/m0/s1. The lowest BCUT2D eigenvalue weighted by Gasteiger charge is -2.25. The van der Waals surface area contributed by atoms with E-state index in [9.17, 15) is 14.9 Å². The third kappa shape index (κ3) is 7.11.